The zero-order valence-electron chi connectivity index (χ0n) is 30.8. The van der Waals surface area contributed by atoms with Crippen molar-refractivity contribution in [1.29, 1.82) is 0 Å². The summed E-state index contributed by atoms with van der Waals surface area (Å²) in [4.78, 5) is 72.9. The van der Waals surface area contributed by atoms with Crippen LogP contribution < -0.4 is 26.0 Å². The Hall–Kier alpha value is -6.88. The summed E-state index contributed by atoms with van der Waals surface area (Å²) in [6, 6.07) is 12.7. The molecule has 8 rings (SSSR count). The van der Waals surface area contributed by atoms with Gasteiger partial charge >= 0.3 is 0 Å². The van der Waals surface area contributed by atoms with E-state index in [2.05, 4.69) is 32.4 Å². The molecule has 0 radical (unpaired) electrons. The quantitative estimate of drug-likeness (QED) is 0.185. The van der Waals surface area contributed by atoms with Gasteiger partial charge in [0.05, 0.1) is 41.8 Å². The first-order valence-corrected chi connectivity index (χ1v) is 18.0. The van der Waals surface area contributed by atoms with E-state index in [-0.39, 0.29) is 41.9 Å². The lowest BCUT2D eigenvalue weighted by Crippen LogP contribution is -2.39. The van der Waals surface area contributed by atoms with Gasteiger partial charge in [0.25, 0.3) is 11.5 Å². The molecule has 0 spiro atoms. The molecule has 1 atom stereocenters. The first-order chi connectivity index (χ1) is 26.5. The molecule has 3 amide bonds. The van der Waals surface area contributed by atoms with Gasteiger partial charge in [0.1, 0.15) is 22.9 Å². The van der Waals surface area contributed by atoms with E-state index in [1.807, 2.05) is 50.2 Å². The lowest BCUT2D eigenvalue weighted by Gasteiger charge is -2.31. The molecule has 2 aliphatic heterocycles. The van der Waals surface area contributed by atoms with Gasteiger partial charge in [0.2, 0.25) is 11.8 Å². The second-order valence-electron chi connectivity index (χ2n) is 13.9. The highest BCUT2D eigenvalue weighted by molar-refractivity contribution is 6.03. The van der Waals surface area contributed by atoms with E-state index in [0.717, 1.165) is 64.3 Å². The van der Waals surface area contributed by atoms with Crippen LogP contribution in [0.2, 0.25) is 0 Å². The van der Waals surface area contributed by atoms with Crippen molar-refractivity contribution in [2.45, 2.75) is 38.5 Å². The molecule has 0 aliphatic carbocycles. The number of aromatic nitrogens is 5. The maximum Gasteiger partial charge on any atom is 0.270 e. The second kappa shape index (κ2) is 14.2. The van der Waals surface area contributed by atoms with Crippen molar-refractivity contribution < 1.29 is 18.8 Å². The molecule has 2 aliphatic rings. The molecule has 276 valence electrons. The van der Waals surface area contributed by atoms with Crippen molar-refractivity contribution in [2.24, 2.45) is 7.05 Å². The fraction of sp³-hybridized carbons (Fsp3) is 0.268. The molecule has 55 heavy (non-hydrogen) atoms. The molecule has 1 saturated heterocycles. The smallest absolute Gasteiger partial charge is 0.270 e. The van der Waals surface area contributed by atoms with E-state index < -0.39 is 5.92 Å². The normalized spacial score (nSPS) is 15.3. The van der Waals surface area contributed by atoms with Gasteiger partial charge in [-0.1, -0.05) is 11.8 Å². The van der Waals surface area contributed by atoms with Crippen LogP contribution in [0.5, 0.6) is 0 Å². The summed E-state index contributed by atoms with van der Waals surface area (Å²) in [5.41, 5.74) is 6.07. The van der Waals surface area contributed by atoms with Crippen LogP contribution in [-0.2, 0) is 23.1 Å². The molecule has 7 heterocycles. The van der Waals surface area contributed by atoms with Crippen molar-refractivity contribution >= 4 is 56.9 Å². The van der Waals surface area contributed by atoms with Crippen LogP contribution in [0.25, 0.3) is 33.3 Å². The number of piperidine rings is 1. The molecule has 0 bridgehead atoms. The van der Waals surface area contributed by atoms with Gasteiger partial charge in [-0.05, 0) is 62.6 Å². The van der Waals surface area contributed by atoms with Gasteiger partial charge in [0.15, 0.2) is 5.82 Å². The predicted octanol–water partition coefficient (Wildman–Crippen LogP) is 4.29. The first-order valence-electron chi connectivity index (χ1n) is 18.0. The van der Waals surface area contributed by atoms with Crippen LogP contribution in [0.1, 0.15) is 58.1 Å². The topological polar surface area (TPSA) is 168 Å². The minimum absolute atomic E-state index is 0.0449. The van der Waals surface area contributed by atoms with Gasteiger partial charge in [-0.15, -0.1) is 0 Å². The predicted molar refractivity (Wildman–Crippen MR) is 207 cm³/mol. The Balaban J connectivity index is 0.962. The van der Waals surface area contributed by atoms with E-state index in [1.165, 1.54) is 0 Å². The summed E-state index contributed by atoms with van der Waals surface area (Å²) in [6.45, 7) is 2.63. The maximum atomic E-state index is 12.9. The van der Waals surface area contributed by atoms with Crippen LogP contribution in [-0.4, -0.2) is 69.4 Å². The Morgan fingerprint density at radius 1 is 1.04 bits per heavy atom. The summed E-state index contributed by atoms with van der Waals surface area (Å²) < 4.78 is 7.32. The lowest BCUT2D eigenvalue weighted by atomic mass is 9.90. The molecule has 14 nitrogen and oxygen atoms in total. The zero-order valence-corrected chi connectivity index (χ0v) is 30.8. The van der Waals surface area contributed by atoms with E-state index in [9.17, 15) is 19.2 Å². The molecule has 1 fully saturated rings. The highest BCUT2D eigenvalue weighted by atomic mass is 16.3. The highest BCUT2D eigenvalue weighted by Gasteiger charge is 2.30. The SMILES string of the molecule is Cc1cc2c(N3CCCc4nc(-c5ccc(C(=O)NCC#Cc6ccc7occ(C8CCC(=O)NC8=O)c7c6)nc5)ncc43)nc(N(C)C)cc2n(C)c1=O. The third kappa shape index (κ3) is 6.65. The second-order valence-corrected chi connectivity index (χ2v) is 13.9. The minimum atomic E-state index is -0.469. The molecule has 14 heteroatoms. The molecule has 1 aromatic carbocycles. The Morgan fingerprint density at radius 3 is 2.67 bits per heavy atom. The number of pyridine rings is 3. The summed E-state index contributed by atoms with van der Waals surface area (Å²) >= 11 is 0. The Morgan fingerprint density at radius 2 is 1.89 bits per heavy atom. The fourth-order valence-electron chi connectivity index (χ4n) is 7.13. The molecular formula is C41H37N9O5. The summed E-state index contributed by atoms with van der Waals surface area (Å²) in [7, 11) is 5.64. The molecule has 5 aromatic heterocycles. The standard InChI is InChI=1S/C41H37N9O5/c1-23-17-28-32(49(4)41(23)54)19-35(48(2)3)46-38(28)50-16-6-8-30-33(50)21-44-37(45-30)25-10-12-31(43-20-25)40(53)42-15-5-7-24-9-13-34-27(18-24)29(22-55-34)26-11-14-36(51)47-39(26)52/h9-10,12-13,17-22,26H,6,8,11,14-16H2,1-4H3,(H,42,53)(H,47,51,52). The van der Waals surface area contributed by atoms with Crippen LogP contribution in [0.4, 0.5) is 17.3 Å². The van der Waals surface area contributed by atoms with E-state index in [0.29, 0.717) is 34.5 Å². The number of nitrogens with zero attached hydrogens (tertiary/aromatic N) is 7. The molecule has 0 saturated carbocycles. The number of hydrogen-bond acceptors (Lipinski definition) is 11. The Bertz CT molecular complexity index is 2670. The number of amides is 3. The number of nitrogens with one attached hydrogen (secondary N) is 2. The average molecular weight is 736 g/mol. The average Bonchev–Trinajstić information content (AvgIpc) is 3.61. The highest BCUT2D eigenvalue weighted by Crippen LogP contribution is 2.37. The third-order valence-electron chi connectivity index (χ3n) is 10.1. The molecule has 6 aromatic rings. The number of imide groups is 1. The van der Waals surface area contributed by atoms with Crippen LogP contribution >= 0.6 is 0 Å². The monoisotopic (exact) mass is 735 g/mol. The number of fused-ring (bicyclic) bond motifs is 3. The summed E-state index contributed by atoms with van der Waals surface area (Å²) in [6.07, 6.45) is 7.26. The van der Waals surface area contributed by atoms with Gasteiger partial charge in [0, 0.05) is 79.4 Å². The Labute approximate surface area is 315 Å². The van der Waals surface area contributed by atoms with Gasteiger partial charge in [-0.25, -0.2) is 15.0 Å². The number of benzene rings is 1. The van der Waals surface area contributed by atoms with Gasteiger partial charge < -0.3 is 24.1 Å². The summed E-state index contributed by atoms with van der Waals surface area (Å²) in [5, 5.41) is 6.82. The van der Waals surface area contributed by atoms with Crippen molar-refractivity contribution in [1.82, 2.24) is 35.1 Å². The van der Waals surface area contributed by atoms with Crippen molar-refractivity contribution in [3.63, 3.8) is 0 Å². The van der Waals surface area contributed by atoms with Crippen molar-refractivity contribution in [2.75, 3.05) is 37.0 Å². The first kappa shape index (κ1) is 35.2. The van der Waals surface area contributed by atoms with Gasteiger partial charge in [-0.3, -0.25) is 29.5 Å². The van der Waals surface area contributed by atoms with Crippen LogP contribution in [0.3, 0.4) is 0 Å². The van der Waals surface area contributed by atoms with Gasteiger partial charge in [-0.2, -0.15) is 0 Å². The number of hydrogen-bond donors (Lipinski definition) is 2. The van der Waals surface area contributed by atoms with Crippen LogP contribution in [0, 0.1) is 18.8 Å². The lowest BCUT2D eigenvalue weighted by molar-refractivity contribution is -0.134. The van der Waals surface area contributed by atoms with E-state index in [1.54, 1.807) is 48.5 Å². The van der Waals surface area contributed by atoms with Crippen LogP contribution in [0.15, 0.2) is 70.3 Å². The number of anilines is 3. The largest absolute Gasteiger partial charge is 0.464 e. The number of furan rings is 1. The minimum Gasteiger partial charge on any atom is -0.464 e. The Kier molecular flexibility index (Phi) is 9.06. The van der Waals surface area contributed by atoms with E-state index in [4.69, 9.17) is 19.4 Å². The molecule has 1 unspecified atom stereocenters. The molecule has 2 N–H and O–H groups in total. The van der Waals surface area contributed by atoms with Crippen molar-refractivity contribution in [3.8, 4) is 23.2 Å². The van der Waals surface area contributed by atoms with E-state index >= 15 is 0 Å². The number of carbonyl (C=O) groups is 3. The zero-order chi connectivity index (χ0) is 38.4. The number of carbonyl (C=O) groups excluding carboxylic acids is 3. The molecular weight excluding hydrogens is 699 g/mol. The number of aryl methyl sites for hydroxylation is 3. The maximum absolute atomic E-state index is 12.9. The fourth-order valence-corrected chi connectivity index (χ4v) is 7.13. The number of rotatable bonds is 6. The summed E-state index contributed by atoms with van der Waals surface area (Å²) in [5.74, 6) is 6.56. The third-order valence-corrected chi connectivity index (χ3v) is 10.1. The van der Waals surface area contributed by atoms with Crippen molar-refractivity contribution in [3.05, 3.63) is 99.6 Å².